The Kier molecular flexibility index (Phi) is 5.42. The van der Waals surface area contributed by atoms with Gasteiger partial charge in [0.1, 0.15) is 11.9 Å². The minimum Gasteiger partial charge on any atom is -1.00 e. The fraction of sp³-hybridized carbons (Fsp3) is 0.357. The standard InChI is InChI=1S/C14H16F3N3.ClH/c1-3-20-8-12(14(15,16)17)19-13(20)11-6-4-10(5-7-11)9(2)18;/h4-9H,3,18H2,1-2H3;1H/t9-;/m1./s1. The number of halogens is 4. The minimum absolute atomic E-state index is 0. The summed E-state index contributed by atoms with van der Waals surface area (Å²) in [6.07, 6.45) is -3.37. The largest absolute Gasteiger partial charge is 1.00 e. The lowest BCUT2D eigenvalue weighted by atomic mass is 10.1. The lowest BCUT2D eigenvalue weighted by Crippen LogP contribution is -3.00. The first-order valence-electron chi connectivity index (χ1n) is 6.40. The first-order chi connectivity index (χ1) is 9.32. The summed E-state index contributed by atoms with van der Waals surface area (Å²) in [7, 11) is 0. The molecule has 0 saturated heterocycles. The van der Waals surface area contributed by atoms with Crippen molar-refractivity contribution in [2.24, 2.45) is 0 Å². The summed E-state index contributed by atoms with van der Waals surface area (Å²) in [6.45, 7) is 4.19. The number of hydrogen-bond donors (Lipinski definition) is 1. The Labute approximate surface area is 127 Å². The van der Waals surface area contributed by atoms with Crippen LogP contribution in [0.3, 0.4) is 0 Å². The summed E-state index contributed by atoms with van der Waals surface area (Å²) in [6, 6.07) is 7.45. The third-order valence-electron chi connectivity index (χ3n) is 3.15. The number of aryl methyl sites for hydroxylation is 1. The maximum Gasteiger partial charge on any atom is 0.434 e. The number of benzene rings is 1. The monoisotopic (exact) mass is 319 g/mol. The van der Waals surface area contributed by atoms with Crippen molar-refractivity contribution in [1.29, 1.82) is 0 Å². The van der Waals surface area contributed by atoms with Gasteiger partial charge in [-0.05, 0) is 13.8 Å². The Hall–Kier alpha value is -1.53. The lowest BCUT2D eigenvalue weighted by Gasteiger charge is -2.06. The Morgan fingerprint density at radius 1 is 1.24 bits per heavy atom. The zero-order valence-corrected chi connectivity index (χ0v) is 12.5. The van der Waals surface area contributed by atoms with Crippen LogP contribution < -0.4 is 18.1 Å². The van der Waals surface area contributed by atoms with Crippen molar-refractivity contribution in [1.82, 2.24) is 9.55 Å². The first kappa shape index (κ1) is 17.5. The third kappa shape index (κ3) is 3.77. The highest BCUT2D eigenvalue weighted by atomic mass is 35.5. The zero-order chi connectivity index (χ0) is 14.9. The van der Waals surface area contributed by atoms with E-state index in [1.807, 2.05) is 19.1 Å². The van der Waals surface area contributed by atoms with Gasteiger partial charge in [-0.2, -0.15) is 13.2 Å². The molecule has 0 aliphatic carbocycles. The van der Waals surface area contributed by atoms with Gasteiger partial charge in [-0.3, -0.25) is 0 Å². The van der Waals surface area contributed by atoms with Crippen LogP contribution in [0.5, 0.6) is 0 Å². The van der Waals surface area contributed by atoms with Crippen LogP contribution in [0.1, 0.15) is 31.1 Å². The van der Waals surface area contributed by atoms with Crippen LogP contribution >= 0.6 is 0 Å². The normalized spacial score (nSPS) is 12.9. The van der Waals surface area contributed by atoms with Gasteiger partial charge in [-0.15, -0.1) is 0 Å². The topological polar surface area (TPSA) is 45.5 Å². The van der Waals surface area contributed by atoms with E-state index >= 15 is 0 Å². The lowest BCUT2D eigenvalue weighted by molar-refractivity contribution is -0.420. The Morgan fingerprint density at radius 3 is 2.24 bits per heavy atom. The van der Waals surface area contributed by atoms with Gasteiger partial charge in [0.15, 0.2) is 5.69 Å². The fourth-order valence-electron chi connectivity index (χ4n) is 1.98. The van der Waals surface area contributed by atoms with E-state index < -0.39 is 11.9 Å². The number of alkyl halides is 3. The molecule has 0 unspecified atom stereocenters. The molecule has 3 N–H and O–H groups in total. The van der Waals surface area contributed by atoms with Crippen LogP contribution in [0.4, 0.5) is 13.2 Å². The molecule has 0 amide bonds. The quantitative estimate of drug-likeness (QED) is 0.843. The highest BCUT2D eigenvalue weighted by Gasteiger charge is 2.34. The number of rotatable bonds is 3. The molecule has 0 bridgehead atoms. The molecule has 0 saturated carbocycles. The SMILES string of the molecule is CCn1cc(C(F)(F)F)nc1-c1ccc([C@@H](C)[NH3+])cc1.[Cl-]. The second kappa shape index (κ2) is 6.49. The van der Waals surface area contributed by atoms with Gasteiger partial charge in [-0.25, -0.2) is 4.98 Å². The van der Waals surface area contributed by atoms with Crippen LogP contribution in [0, 0.1) is 0 Å². The Bertz CT molecular complexity index is 589. The molecule has 0 aliphatic rings. The van der Waals surface area contributed by atoms with Gasteiger partial charge in [0.25, 0.3) is 0 Å². The maximum absolute atomic E-state index is 12.7. The van der Waals surface area contributed by atoms with Crippen LogP contribution in [0.15, 0.2) is 30.5 Å². The molecule has 1 heterocycles. The van der Waals surface area contributed by atoms with Crippen LogP contribution in [0.25, 0.3) is 11.4 Å². The molecular weight excluding hydrogens is 303 g/mol. The van der Waals surface area contributed by atoms with E-state index in [-0.39, 0.29) is 18.4 Å². The molecule has 0 radical (unpaired) electrons. The van der Waals surface area contributed by atoms with E-state index in [1.165, 1.54) is 4.57 Å². The molecule has 1 atom stereocenters. The minimum atomic E-state index is -4.42. The number of aromatic nitrogens is 2. The summed E-state index contributed by atoms with van der Waals surface area (Å²) >= 11 is 0. The van der Waals surface area contributed by atoms with Crippen molar-refractivity contribution in [3.8, 4) is 11.4 Å². The highest BCUT2D eigenvalue weighted by Crippen LogP contribution is 2.31. The fourth-order valence-corrected chi connectivity index (χ4v) is 1.98. The summed E-state index contributed by atoms with van der Waals surface area (Å²) in [5, 5.41) is 0. The van der Waals surface area contributed by atoms with Gasteiger partial charge >= 0.3 is 6.18 Å². The Morgan fingerprint density at radius 2 is 1.81 bits per heavy atom. The molecule has 1 aromatic carbocycles. The average molecular weight is 320 g/mol. The Balaban J connectivity index is 0.00000220. The molecule has 0 spiro atoms. The molecule has 7 heteroatoms. The van der Waals surface area contributed by atoms with Gasteiger partial charge in [0.2, 0.25) is 0 Å². The van der Waals surface area contributed by atoms with Gasteiger partial charge in [-0.1, -0.05) is 24.3 Å². The summed E-state index contributed by atoms with van der Waals surface area (Å²) in [4.78, 5) is 3.72. The van der Waals surface area contributed by atoms with Crippen molar-refractivity contribution in [2.75, 3.05) is 0 Å². The van der Waals surface area contributed by atoms with E-state index in [2.05, 4.69) is 10.7 Å². The number of hydrogen-bond acceptors (Lipinski definition) is 1. The van der Waals surface area contributed by atoms with Crippen molar-refractivity contribution >= 4 is 0 Å². The number of nitrogens with zero attached hydrogens (tertiary/aromatic N) is 2. The van der Waals surface area contributed by atoms with Gasteiger partial charge in [0, 0.05) is 23.9 Å². The molecule has 116 valence electrons. The third-order valence-corrected chi connectivity index (χ3v) is 3.15. The number of quaternary nitrogens is 1. The van der Waals surface area contributed by atoms with E-state index in [0.717, 1.165) is 11.8 Å². The summed E-state index contributed by atoms with van der Waals surface area (Å²) < 4.78 is 39.7. The van der Waals surface area contributed by atoms with Crippen LogP contribution in [-0.2, 0) is 12.7 Å². The van der Waals surface area contributed by atoms with Crippen LogP contribution in [0.2, 0.25) is 0 Å². The highest BCUT2D eigenvalue weighted by molar-refractivity contribution is 5.57. The predicted molar refractivity (Wildman–Crippen MR) is 69.6 cm³/mol. The average Bonchev–Trinajstić information content (AvgIpc) is 2.82. The molecule has 21 heavy (non-hydrogen) atoms. The van der Waals surface area contributed by atoms with E-state index in [9.17, 15) is 13.2 Å². The zero-order valence-electron chi connectivity index (χ0n) is 11.8. The summed E-state index contributed by atoms with van der Waals surface area (Å²) in [5.74, 6) is 0.336. The van der Waals surface area contributed by atoms with Crippen molar-refractivity contribution in [3.63, 3.8) is 0 Å². The molecule has 2 aromatic rings. The van der Waals surface area contributed by atoms with Crippen molar-refractivity contribution in [3.05, 3.63) is 41.7 Å². The van der Waals surface area contributed by atoms with Crippen molar-refractivity contribution in [2.45, 2.75) is 32.6 Å². The maximum atomic E-state index is 12.7. The molecule has 0 aliphatic heterocycles. The van der Waals surface area contributed by atoms with E-state index in [4.69, 9.17) is 0 Å². The van der Waals surface area contributed by atoms with Gasteiger partial charge < -0.3 is 22.7 Å². The molecule has 0 fully saturated rings. The first-order valence-corrected chi connectivity index (χ1v) is 6.40. The molecule has 1 aromatic heterocycles. The second-order valence-corrected chi connectivity index (χ2v) is 4.76. The van der Waals surface area contributed by atoms with E-state index in [1.54, 1.807) is 19.1 Å². The van der Waals surface area contributed by atoms with E-state index in [0.29, 0.717) is 17.9 Å². The molecular formula is C14H17ClF3N3. The molecule has 3 nitrogen and oxygen atoms in total. The number of imidazole rings is 1. The van der Waals surface area contributed by atoms with Crippen LogP contribution in [-0.4, -0.2) is 9.55 Å². The van der Waals surface area contributed by atoms with Crippen molar-refractivity contribution < 1.29 is 31.3 Å². The second-order valence-electron chi connectivity index (χ2n) is 4.76. The summed E-state index contributed by atoms with van der Waals surface area (Å²) in [5.41, 5.74) is 4.77. The molecule has 2 rings (SSSR count). The smallest absolute Gasteiger partial charge is 0.434 e. The predicted octanol–water partition coefficient (Wildman–Crippen LogP) is -0.104. The van der Waals surface area contributed by atoms with Gasteiger partial charge in [0.05, 0.1) is 0 Å².